The summed E-state index contributed by atoms with van der Waals surface area (Å²) in [7, 11) is 0. The number of rotatable bonds is 12. The van der Waals surface area contributed by atoms with Crippen LogP contribution >= 0.6 is 0 Å². The van der Waals surface area contributed by atoms with Crippen molar-refractivity contribution in [3.05, 3.63) is 119 Å². The molecule has 0 bridgehead atoms. The van der Waals surface area contributed by atoms with E-state index in [4.69, 9.17) is 9.15 Å². The van der Waals surface area contributed by atoms with E-state index < -0.39 is 29.7 Å². The Morgan fingerprint density at radius 3 is 2.24 bits per heavy atom. The monoisotopic (exact) mass is 564 g/mol. The number of carbonyl (C=O) groups is 2. The van der Waals surface area contributed by atoms with Gasteiger partial charge in [-0.15, -0.1) is 0 Å². The number of halogens is 3. The number of ether oxygens (including phenoxy) is 1. The van der Waals surface area contributed by atoms with Gasteiger partial charge in [-0.05, 0) is 36.8 Å². The molecule has 7 nitrogen and oxygen atoms in total. The molecule has 2 N–H and O–H groups in total. The number of alkyl halides is 3. The predicted octanol–water partition coefficient (Wildman–Crippen LogP) is 6.19. The van der Waals surface area contributed by atoms with E-state index in [1.165, 1.54) is 24.3 Å². The Morgan fingerprint density at radius 2 is 1.63 bits per heavy atom. The van der Waals surface area contributed by atoms with Gasteiger partial charge in [0.15, 0.2) is 5.78 Å². The quantitative estimate of drug-likeness (QED) is 0.156. The smallest absolute Gasteiger partial charge is 0.431 e. The normalized spacial score (nSPS) is 12.5. The number of carboxylic acids is 1. The Kier molecular flexibility index (Phi) is 9.23. The van der Waals surface area contributed by atoms with Gasteiger partial charge in [0.25, 0.3) is 0 Å². The number of oxazole rings is 1. The van der Waals surface area contributed by atoms with E-state index in [1.807, 2.05) is 42.6 Å². The van der Waals surface area contributed by atoms with E-state index in [9.17, 15) is 27.9 Å². The van der Waals surface area contributed by atoms with Crippen molar-refractivity contribution in [2.45, 2.75) is 32.0 Å². The first-order valence-electron chi connectivity index (χ1n) is 12.7. The predicted molar refractivity (Wildman–Crippen MR) is 145 cm³/mol. The summed E-state index contributed by atoms with van der Waals surface area (Å²) in [6.07, 6.45) is -4.35. The van der Waals surface area contributed by atoms with Crippen molar-refractivity contribution in [3.8, 4) is 17.2 Å². The van der Waals surface area contributed by atoms with Crippen LogP contribution in [0.15, 0.2) is 101 Å². The highest BCUT2D eigenvalue weighted by Crippen LogP contribution is 2.26. The number of nitrogens with one attached hydrogen (secondary N) is 1. The molecule has 0 spiro atoms. The molecule has 4 rings (SSSR count). The van der Waals surface area contributed by atoms with E-state index in [0.717, 1.165) is 11.3 Å². The third-order valence-corrected chi connectivity index (χ3v) is 6.15. The molecule has 0 saturated heterocycles. The minimum Gasteiger partial charge on any atom is -0.493 e. The van der Waals surface area contributed by atoms with Crippen LogP contribution in [0.2, 0.25) is 0 Å². The molecule has 212 valence electrons. The van der Waals surface area contributed by atoms with Gasteiger partial charge < -0.3 is 19.6 Å². The zero-order chi connectivity index (χ0) is 29.4. The topological polar surface area (TPSA) is 102 Å². The highest BCUT2D eigenvalue weighted by molar-refractivity contribution is 6.05. The second-order valence-electron chi connectivity index (χ2n) is 9.16. The molecule has 3 aromatic carbocycles. The molecule has 41 heavy (non-hydrogen) atoms. The third-order valence-electron chi connectivity index (χ3n) is 6.15. The van der Waals surface area contributed by atoms with E-state index in [0.29, 0.717) is 42.1 Å². The van der Waals surface area contributed by atoms with Crippen molar-refractivity contribution in [1.82, 2.24) is 10.3 Å². The lowest BCUT2D eigenvalue weighted by atomic mass is 10.0. The van der Waals surface area contributed by atoms with Gasteiger partial charge >= 0.3 is 12.1 Å². The largest absolute Gasteiger partial charge is 0.493 e. The highest BCUT2D eigenvalue weighted by atomic mass is 19.4. The average molecular weight is 565 g/mol. The van der Waals surface area contributed by atoms with Crippen molar-refractivity contribution in [3.63, 3.8) is 0 Å². The molecule has 0 unspecified atom stereocenters. The van der Waals surface area contributed by atoms with Crippen LogP contribution in [0.4, 0.5) is 13.2 Å². The van der Waals surface area contributed by atoms with Gasteiger partial charge in [-0.3, -0.25) is 4.79 Å². The van der Waals surface area contributed by atoms with Crippen LogP contribution in [0, 0.1) is 6.92 Å². The first kappa shape index (κ1) is 29.1. The lowest BCUT2D eigenvalue weighted by Crippen LogP contribution is -2.42. The lowest BCUT2D eigenvalue weighted by Gasteiger charge is -2.20. The fourth-order valence-corrected chi connectivity index (χ4v) is 4.00. The number of hydrogen-bond acceptors (Lipinski definition) is 6. The Labute approximate surface area is 234 Å². The minimum atomic E-state index is -4.96. The molecule has 1 aromatic heterocycles. The Bertz CT molecular complexity index is 1500. The van der Waals surface area contributed by atoms with Crippen molar-refractivity contribution in [2.75, 3.05) is 6.61 Å². The molecule has 1 atom stereocenters. The number of aliphatic carboxylic acids is 1. The SMILES string of the molecule is Cc1oc(-c2ccccc2)nc1CCOc1ccc(C[C@H](NC(=CC(=O)c2ccccc2)C(F)(F)F)C(=O)O)cc1. The van der Waals surface area contributed by atoms with Gasteiger partial charge in [-0.25, -0.2) is 9.78 Å². The third kappa shape index (κ3) is 8.07. The maximum Gasteiger partial charge on any atom is 0.431 e. The molecule has 4 aromatic rings. The maximum atomic E-state index is 13.7. The van der Waals surface area contributed by atoms with Crippen LogP contribution in [0.5, 0.6) is 5.75 Å². The van der Waals surface area contributed by atoms with Crippen LogP contribution in [0.25, 0.3) is 11.5 Å². The number of carbonyl (C=O) groups excluding carboxylic acids is 1. The van der Waals surface area contributed by atoms with Crippen molar-refractivity contribution in [2.24, 2.45) is 0 Å². The summed E-state index contributed by atoms with van der Waals surface area (Å²) in [5.74, 6) is -0.675. The summed E-state index contributed by atoms with van der Waals surface area (Å²) in [4.78, 5) is 28.7. The van der Waals surface area contributed by atoms with Gasteiger partial charge in [-0.2, -0.15) is 13.2 Å². The second-order valence-corrected chi connectivity index (χ2v) is 9.16. The summed E-state index contributed by atoms with van der Waals surface area (Å²) >= 11 is 0. The van der Waals surface area contributed by atoms with E-state index in [-0.39, 0.29) is 12.0 Å². The van der Waals surface area contributed by atoms with Gasteiger partial charge in [0.05, 0.1) is 12.3 Å². The molecular formula is C31H27F3N2O5. The number of benzene rings is 3. The molecule has 0 saturated carbocycles. The molecule has 0 aliphatic rings. The number of hydrogen-bond donors (Lipinski definition) is 2. The zero-order valence-electron chi connectivity index (χ0n) is 22.0. The summed E-state index contributed by atoms with van der Waals surface area (Å²) < 4.78 is 52.5. The number of ketones is 1. The molecule has 1 heterocycles. The van der Waals surface area contributed by atoms with E-state index >= 15 is 0 Å². The van der Waals surface area contributed by atoms with E-state index in [1.54, 1.807) is 30.3 Å². The summed E-state index contributed by atoms with van der Waals surface area (Å²) in [6, 6.07) is 21.7. The van der Waals surface area contributed by atoms with Crippen LogP contribution in [-0.2, 0) is 17.6 Å². The van der Waals surface area contributed by atoms with Crippen LogP contribution < -0.4 is 10.1 Å². The Hall–Kier alpha value is -4.86. The number of carboxylic acid groups (broad SMARTS) is 1. The Balaban J connectivity index is 1.36. The summed E-state index contributed by atoms with van der Waals surface area (Å²) in [6.45, 7) is 2.13. The van der Waals surface area contributed by atoms with Gasteiger partial charge in [0.2, 0.25) is 5.89 Å². The number of nitrogens with zero attached hydrogens (tertiary/aromatic N) is 1. The van der Waals surface area contributed by atoms with Crippen molar-refractivity contribution < 1.29 is 37.0 Å². The standard InChI is InChI=1S/C31H27F3N2O5/c1-20-25(36-29(41-20)23-10-6-3-7-11-23)16-17-40-24-14-12-21(13-15-24)18-26(30(38)39)35-28(31(32,33)34)19-27(37)22-8-4-2-5-9-22/h2-15,19,26,35H,16-18H2,1H3,(H,38,39)/t26-/m0/s1. The molecule has 0 radical (unpaired) electrons. The molecule has 0 amide bonds. The summed E-state index contributed by atoms with van der Waals surface area (Å²) in [5.41, 5.74) is 0.711. The van der Waals surface area contributed by atoms with Crippen molar-refractivity contribution >= 4 is 11.8 Å². The molecule has 0 fully saturated rings. The fourth-order valence-electron chi connectivity index (χ4n) is 4.00. The Morgan fingerprint density at radius 1 is 1.00 bits per heavy atom. The van der Waals surface area contributed by atoms with Gasteiger partial charge in [0.1, 0.15) is 23.2 Å². The average Bonchev–Trinajstić information content (AvgIpc) is 3.33. The van der Waals surface area contributed by atoms with Crippen LogP contribution in [0.3, 0.4) is 0 Å². The summed E-state index contributed by atoms with van der Waals surface area (Å²) in [5, 5.41) is 11.6. The van der Waals surface area contributed by atoms with Gasteiger partial charge in [-0.1, -0.05) is 60.7 Å². The minimum absolute atomic E-state index is 0.0499. The lowest BCUT2D eigenvalue weighted by molar-refractivity contribution is -0.140. The molecule has 0 aliphatic heterocycles. The van der Waals surface area contributed by atoms with Crippen LogP contribution in [0.1, 0.15) is 27.4 Å². The van der Waals surface area contributed by atoms with Gasteiger partial charge in [0, 0.05) is 30.0 Å². The highest BCUT2D eigenvalue weighted by Gasteiger charge is 2.37. The molecular weight excluding hydrogens is 537 g/mol. The van der Waals surface area contributed by atoms with Crippen molar-refractivity contribution in [1.29, 1.82) is 0 Å². The second kappa shape index (κ2) is 13.0. The van der Waals surface area contributed by atoms with E-state index in [2.05, 4.69) is 4.98 Å². The first-order chi connectivity index (χ1) is 19.6. The number of allylic oxidation sites excluding steroid dienone is 2. The number of aromatic nitrogens is 1. The molecule has 10 heteroatoms. The molecule has 0 aliphatic carbocycles. The maximum absolute atomic E-state index is 13.7. The first-order valence-corrected chi connectivity index (χ1v) is 12.7. The number of aryl methyl sites for hydroxylation is 1. The zero-order valence-corrected chi connectivity index (χ0v) is 22.0. The van der Waals surface area contributed by atoms with Crippen LogP contribution in [-0.4, -0.2) is 40.7 Å². The fraction of sp³-hybridized carbons (Fsp3) is 0.194.